The van der Waals surface area contributed by atoms with Crippen molar-refractivity contribution in [2.24, 2.45) is 5.92 Å². The highest BCUT2D eigenvalue weighted by molar-refractivity contribution is 6.53. The van der Waals surface area contributed by atoms with Crippen molar-refractivity contribution in [1.82, 2.24) is 4.90 Å². The molecule has 0 bridgehead atoms. The van der Waals surface area contributed by atoms with Gasteiger partial charge in [0.1, 0.15) is 0 Å². The third-order valence-electron chi connectivity index (χ3n) is 3.01. The Hall–Kier alpha value is -0.470. The standard InChI is InChI=1S/C11H13Cl2NO/c12-10(13)11(15)14-6-5-8-3-1-2-4-9(8)7-14/h1-2,4,8,10H,3,5-7H2. The molecule has 2 aliphatic rings. The summed E-state index contributed by atoms with van der Waals surface area (Å²) in [4.78, 5) is 12.4. The Balaban J connectivity index is 2.05. The van der Waals surface area contributed by atoms with Crippen LogP contribution < -0.4 is 0 Å². The highest BCUT2D eigenvalue weighted by Gasteiger charge is 2.28. The summed E-state index contributed by atoms with van der Waals surface area (Å²) in [7, 11) is 0. The summed E-state index contributed by atoms with van der Waals surface area (Å²) in [5.74, 6) is 0.440. The molecule has 4 heteroatoms. The number of alkyl halides is 2. The van der Waals surface area contributed by atoms with Crippen LogP contribution in [0, 0.1) is 5.92 Å². The lowest BCUT2D eigenvalue weighted by Crippen LogP contribution is -2.42. The van der Waals surface area contributed by atoms with Crippen LogP contribution in [-0.2, 0) is 4.79 Å². The van der Waals surface area contributed by atoms with Crippen molar-refractivity contribution >= 4 is 29.1 Å². The number of amides is 1. The number of carbonyl (C=O) groups is 1. The topological polar surface area (TPSA) is 20.3 Å². The molecule has 1 fully saturated rings. The number of hydrogen-bond acceptors (Lipinski definition) is 1. The van der Waals surface area contributed by atoms with Gasteiger partial charge in [0, 0.05) is 13.1 Å². The molecule has 0 aromatic rings. The van der Waals surface area contributed by atoms with E-state index >= 15 is 0 Å². The first-order valence-corrected chi connectivity index (χ1v) is 5.98. The largest absolute Gasteiger partial charge is 0.336 e. The zero-order valence-corrected chi connectivity index (χ0v) is 9.84. The van der Waals surface area contributed by atoms with E-state index in [1.807, 2.05) is 0 Å². The molecule has 1 unspecified atom stereocenters. The van der Waals surface area contributed by atoms with Gasteiger partial charge in [0.05, 0.1) is 0 Å². The minimum atomic E-state index is -0.929. The van der Waals surface area contributed by atoms with Crippen molar-refractivity contribution in [2.45, 2.75) is 17.7 Å². The van der Waals surface area contributed by atoms with Crippen LogP contribution in [0.2, 0.25) is 0 Å². The lowest BCUT2D eigenvalue weighted by molar-refractivity contribution is -0.129. The second kappa shape index (κ2) is 4.58. The van der Waals surface area contributed by atoms with Crippen LogP contribution in [0.25, 0.3) is 0 Å². The van der Waals surface area contributed by atoms with E-state index in [1.54, 1.807) is 4.90 Å². The van der Waals surface area contributed by atoms with Gasteiger partial charge in [-0.15, -0.1) is 0 Å². The van der Waals surface area contributed by atoms with Crippen molar-refractivity contribution in [3.05, 3.63) is 23.8 Å². The lowest BCUT2D eigenvalue weighted by Gasteiger charge is -2.35. The third kappa shape index (κ3) is 2.37. The van der Waals surface area contributed by atoms with E-state index in [1.165, 1.54) is 5.57 Å². The molecule has 0 saturated carbocycles. The first kappa shape index (κ1) is 11.0. The molecule has 2 nitrogen and oxygen atoms in total. The molecule has 0 aromatic heterocycles. The Kier molecular flexibility index (Phi) is 3.37. The van der Waals surface area contributed by atoms with E-state index in [0.29, 0.717) is 12.5 Å². The van der Waals surface area contributed by atoms with Gasteiger partial charge in [-0.25, -0.2) is 0 Å². The van der Waals surface area contributed by atoms with Crippen LogP contribution in [0.1, 0.15) is 12.8 Å². The molecule has 1 aliphatic carbocycles. The number of likely N-dealkylation sites (tertiary alicyclic amines) is 1. The Morgan fingerprint density at radius 1 is 1.53 bits per heavy atom. The van der Waals surface area contributed by atoms with Crippen molar-refractivity contribution in [3.63, 3.8) is 0 Å². The minimum absolute atomic E-state index is 0.174. The summed E-state index contributed by atoms with van der Waals surface area (Å²) in [6.45, 7) is 1.45. The lowest BCUT2D eigenvalue weighted by atomic mass is 9.85. The summed E-state index contributed by atoms with van der Waals surface area (Å²) >= 11 is 11.2. The first-order chi connectivity index (χ1) is 7.18. The normalized spacial score (nSPS) is 25.1. The molecular weight excluding hydrogens is 233 g/mol. The van der Waals surface area contributed by atoms with E-state index in [2.05, 4.69) is 18.2 Å². The molecule has 15 heavy (non-hydrogen) atoms. The zero-order valence-electron chi connectivity index (χ0n) is 8.33. The van der Waals surface area contributed by atoms with Crippen LogP contribution in [0.3, 0.4) is 0 Å². The molecule has 1 aliphatic heterocycles. The molecule has 1 saturated heterocycles. The second-order valence-corrected chi connectivity index (χ2v) is 5.05. The second-order valence-electron chi connectivity index (χ2n) is 3.95. The monoisotopic (exact) mass is 245 g/mol. The maximum Gasteiger partial charge on any atom is 0.256 e. The molecule has 82 valence electrons. The van der Waals surface area contributed by atoms with Crippen molar-refractivity contribution in [3.8, 4) is 0 Å². The molecule has 0 radical (unpaired) electrons. The van der Waals surface area contributed by atoms with Crippen LogP contribution >= 0.6 is 23.2 Å². The Morgan fingerprint density at radius 3 is 3.07 bits per heavy atom. The Morgan fingerprint density at radius 2 is 2.33 bits per heavy atom. The Labute approximate surface area is 99.5 Å². The average Bonchev–Trinajstić information content (AvgIpc) is 2.27. The van der Waals surface area contributed by atoms with E-state index in [4.69, 9.17) is 23.2 Å². The third-order valence-corrected chi connectivity index (χ3v) is 3.38. The van der Waals surface area contributed by atoms with Crippen LogP contribution in [0.5, 0.6) is 0 Å². The summed E-state index contributed by atoms with van der Waals surface area (Å²) in [5, 5.41) is 0. The summed E-state index contributed by atoms with van der Waals surface area (Å²) in [6, 6.07) is 0. The SMILES string of the molecule is O=C(C(Cl)Cl)N1CCC2CC=CC=C2C1. The van der Waals surface area contributed by atoms with Crippen LogP contribution in [0.4, 0.5) is 0 Å². The van der Waals surface area contributed by atoms with Crippen molar-refractivity contribution in [2.75, 3.05) is 13.1 Å². The number of halogens is 2. The maximum atomic E-state index is 11.6. The smallest absolute Gasteiger partial charge is 0.256 e. The molecule has 1 amide bonds. The molecule has 1 atom stereocenters. The minimum Gasteiger partial charge on any atom is -0.336 e. The van der Waals surface area contributed by atoms with Gasteiger partial charge in [0.25, 0.3) is 5.91 Å². The number of piperidine rings is 1. The molecule has 0 N–H and O–H groups in total. The van der Waals surface area contributed by atoms with E-state index in [0.717, 1.165) is 19.4 Å². The number of allylic oxidation sites excluding steroid dienone is 3. The van der Waals surface area contributed by atoms with Gasteiger partial charge in [0.15, 0.2) is 4.84 Å². The molecule has 0 aromatic carbocycles. The van der Waals surface area contributed by atoms with Crippen molar-refractivity contribution in [1.29, 1.82) is 0 Å². The van der Waals surface area contributed by atoms with Gasteiger partial charge >= 0.3 is 0 Å². The summed E-state index contributed by atoms with van der Waals surface area (Å²) in [5.41, 5.74) is 1.33. The number of hydrogen-bond donors (Lipinski definition) is 0. The van der Waals surface area contributed by atoms with Gasteiger partial charge in [-0.05, 0) is 24.3 Å². The quantitative estimate of drug-likeness (QED) is 0.651. The number of rotatable bonds is 1. The molecular formula is C11H13Cl2NO. The fraction of sp³-hybridized carbons (Fsp3) is 0.545. The average molecular weight is 246 g/mol. The van der Waals surface area contributed by atoms with Gasteiger partial charge in [-0.3, -0.25) is 4.79 Å². The van der Waals surface area contributed by atoms with Gasteiger partial charge < -0.3 is 4.90 Å². The van der Waals surface area contributed by atoms with Crippen LogP contribution in [-0.4, -0.2) is 28.7 Å². The van der Waals surface area contributed by atoms with E-state index in [-0.39, 0.29) is 5.91 Å². The van der Waals surface area contributed by atoms with E-state index < -0.39 is 4.84 Å². The summed E-state index contributed by atoms with van der Waals surface area (Å²) < 4.78 is 0. The predicted octanol–water partition coefficient (Wildman–Crippen LogP) is 2.52. The number of fused-ring (bicyclic) bond motifs is 1. The van der Waals surface area contributed by atoms with Gasteiger partial charge in [0.2, 0.25) is 0 Å². The van der Waals surface area contributed by atoms with Gasteiger partial charge in [-0.1, -0.05) is 41.4 Å². The maximum absolute atomic E-state index is 11.6. The molecule has 0 spiro atoms. The first-order valence-electron chi connectivity index (χ1n) is 5.11. The van der Waals surface area contributed by atoms with Crippen molar-refractivity contribution < 1.29 is 4.79 Å². The molecule has 1 heterocycles. The zero-order chi connectivity index (χ0) is 10.8. The fourth-order valence-corrected chi connectivity index (χ4v) is 2.42. The fourth-order valence-electron chi connectivity index (χ4n) is 2.14. The highest BCUT2D eigenvalue weighted by atomic mass is 35.5. The summed E-state index contributed by atoms with van der Waals surface area (Å²) in [6.07, 6.45) is 8.45. The number of carbonyl (C=O) groups excluding carboxylic acids is 1. The van der Waals surface area contributed by atoms with E-state index in [9.17, 15) is 4.79 Å². The number of nitrogens with zero attached hydrogens (tertiary/aromatic N) is 1. The van der Waals surface area contributed by atoms with Gasteiger partial charge in [-0.2, -0.15) is 0 Å². The highest BCUT2D eigenvalue weighted by Crippen LogP contribution is 2.29. The van der Waals surface area contributed by atoms with Crippen LogP contribution in [0.15, 0.2) is 23.8 Å². The predicted molar refractivity (Wildman–Crippen MR) is 62.0 cm³/mol. The Bertz CT molecular complexity index is 323. The molecule has 2 rings (SSSR count).